The van der Waals surface area contributed by atoms with Gasteiger partial charge < -0.3 is 10.1 Å². The molecule has 0 amide bonds. The Bertz CT molecular complexity index is 1520. The van der Waals surface area contributed by atoms with Crippen LogP contribution in [-0.2, 0) is 29.0 Å². The second-order valence-corrected chi connectivity index (χ2v) is 10.9. The van der Waals surface area contributed by atoms with Crippen LogP contribution < -0.4 is 10.9 Å². The van der Waals surface area contributed by atoms with Gasteiger partial charge in [-0.25, -0.2) is 4.79 Å². The molecule has 1 aliphatic heterocycles. The highest BCUT2D eigenvalue weighted by molar-refractivity contribution is 7.99. The normalized spacial score (nSPS) is 16.6. The average molecular weight is 511 g/mol. The monoisotopic (exact) mass is 510 g/mol. The summed E-state index contributed by atoms with van der Waals surface area (Å²) in [4.78, 5) is 26.8. The molecule has 1 N–H and O–H groups in total. The third kappa shape index (κ3) is 4.60. The molecule has 1 saturated carbocycles. The van der Waals surface area contributed by atoms with Crippen LogP contribution in [0.5, 0.6) is 0 Å². The van der Waals surface area contributed by atoms with Crippen molar-refractivity contribution in [1.29, 1.82) is 0 Å². The Morgan fingerprint density at radius 2 is 1.73 bits per heavy atom. The van der Waals surface area contributed by atoms with Gasteiger partial charge in [0.05, 0.1) is 12.1 Å². The van der Waals surface area contributed by atoms with Crippen molar-refractivity contribution < 1.29 is 9.53 Å². The summed E-state index contributed by atoms with van der Waals surface area (Å²) in [5.41, 5.74) is 5.49. The maximum Gasteiger partial charge on any atom is 0.329 e. The number of hydrogen-bond acceptors (Lipinski definition) is 5. The number of carbonyl (C=O) groups is 1. The van der Waals surface area contributed by atoms with Gasteiger partial charge in [-0.15, -0.1) is 11.8 Å². The second-order valence-electron chi connectivity index (χ2n) is 9.88. The van der Waals surface area contributed by atoms with Gasteiger partial charge in [0, 0.05) is 24.4 Å². The van der Waals surface area contributed by atoms with E-state index in [1.807, 2.05) is 18.2 Å². The van der Waals surface area contributed by atoms with Crippen molar-refractivity contribution in [1.82, 2.24) is 9.88 Å². The number of esters is 1. The zero-order valence-electron chi connectivity index (χ0n) is 20.9. The third-order valence-corrected chi connectivity index (χ3v) is 8.66. The summed E-state index contributed by atoms with van der Waals surface area (Å²) in [5, 5.41) is 6.91. The zero-order chi connectivity index (χ0) is 25.4. The van der Waals surface area contributed by atoms with E-state index >= 15 is 0 Å². The fourth-order valence-corrected chi connectivity index (χ4v) is 6.90. The van der Waals surface area contributed by atoms with Gasteiger partial charge in [-0.1, -0.05) is 72.8 Å². The zero-order valence-corrected chi connectivity index (χ0v) is 21.7. The molecule has 188 valence electrons. The minimum Gasteiger partial charge on any atom is -0.467 e. The number of pyridine rings is 1. The first-order valence-electron chi connectivity index (χ1n) is 12.9. The van der Waals surface area contributed by atoms with E-state index in [1.54, 1.807) is 16.3 Å². The maximum atomic E-state index is 14.1. The maximum absolute atomic E-state index is 14.1. The Morgan fingerprint density at radius 1 is 0.973 bits per heavy atom. The van der Waals surface area contributed by atoms with E-state index in [-0.39, 0.29) is 11.5 Å². The van der Waals surface area contributed by atoms with Gasteiger partial charge >= 0.3 is 5.97 Å². The third-order valence-electron chi connectivity index (χ3n) is 7.48. The molecule has 0 spiro atoms. The lowest BCUT2D eigenvalue weighted by molar-refractivity contribution is -0.143. The molecule has 1 aromatic heterocycles. The summed E-state index contributed by atoms with van der Waals surface area (Å²) < 4.78 is 6.82. The van der Waals surface area contributed by atoms with Gasteiger partial charge in [0.1, 0.15) is 6.04 Å². The molecule has 0 saturated heterocycles. The number of thioether (sulfide) groups is 1. The lowest BCUT2D eigenvalue weighted by Gasteiger charge is -2.22. The lowest BCUT2D eigenvalue weighted by atomic mass is 9.91. The van der Waals surface area contributed by atoms with E-state index in [2.05, 4.69) is 59.9 Å². The predicted molar refractivity (Wildman–Crippen MR) is 148 cm³/mol. The van der Waals surface area contributed by atoms with Gasteiger partial charge in [-0.2, -0.15) is 0 Å². The first-order chi connectivity index (χ1) is 18.2. The van der Waals surface area contributed by atoms with Crippen molar-refractivity contribution in [3.8, 4) is 0 Å². The standard InChI is InChI=1S/C31H30N2O3S/c1-36-31(35)27-19-37-30-28(22-14-15-22)25(16-23-12-7-11-21-10-5-6-13-24(21)23)26(29(34)33(27)30)18-32-17-20-8-3-2-4-9-20/h2-13,22,27,32H,14-19H2,1H3/t27-/m0/s1. The summed E-state index contributed by atoms with van der Waals surface area (Å²) in [6.07, 6.45) is 2.93. The smallest absolute Gasteiger partial charge is 0.329 e. The number of methoxy groups -OCH3 is 1. The predicted octanol–water partition coefficient (Wildman–Crippen LogP) is 5.58. The van der Waals surface area contributed by atoms with Gasteiger partial charge in [0.2, 0.25) is 0 Å². The fraction of sp³-hybridized carbons (Fsp3) is 0.290. The quantitative estimate of drug-likeness (QED) is 0.314. The highest BCUT2D eigenvalue weighted by Gasteiger charge is 2.39. The van der Waals surface area contributed by atoms with Gasteiger partial charge in [-0.3, -0.25) is 9.36 Å². The van der Waals surface area contributed by atoms with Gasteiger partial charge in [0.15, 0.2) is 0 Å². The second kappa shape index (κ2) is 10.2. The molecule has 2 heterocycles. The van der Waals surface area contributed by atoms with Crippen LogP contribution in [0.3, 0.4) is 0 Å². The van der Waals surface area contributed by atoms with Crippen LogP contribution in [0.1, 0.15) is 52.6 Å². The number of nitrogens with one attached hydrogen (secondary N) is 1. The number of aromatic nitrogens is 1. The summed E-state index contributed by atoms with van der Waals surface area (Å²) >= 11 is 1.63. The van der Waals surface area contributed by atoms with E-state index in [1.165, 1.54) is 34.6 Å². The summed E-state index contributed by atoms with van der Waals surface area (Å²) in [5.74, 6) is 0.625. The molecule has 0 unspecified atom stereocenters. The molecule has 0 bridgehead atoms. The largest absolute Gasteiger partial charge is 0.467 e. The Hall–Kier alpha value is -3.35. The molecule has 5 nitrogen and oxygen atoms in total. The fourth-order valence-electron chi connectivity index (χ4n) is 5.50. The number of nitrogens with zero attached hydrogens (tertiary/aromatic N) is 1. The number of ether oxygens (including phenoxy) is 1. The van der Waals surface area contributed by atoms with Crippen molar-refractivity contribution in [3.05, 3.63) is 111 Å². The summed E-state index contributed by atoms with van der Waals surface area (Å²) in [7, 11) is 1.40. The topological polar surface area (TPSA) is 60.3 Å². The molecule has 6 rings (SSSR count). The van der Waals surface area contributed by atoms with Crippen molar-refractivity contribution in [2.45, 2.75) is 49.3 Å². The van der Waals surface area contributed by atoms with Crippen LogP contribution in [0.4, 0.5) is 0 Å². The highest BCUT2D eigenvalue weighted by Crippen LogP contribution is 2.49. The highest BCUT2D eigenvalue weighted by atomic mass is 32.2. The molecule has 3 aromatic carbocycles. The van der Waals surface area contributed by atoms with Crippen LogP contribution in [0.2, 0.25) is 0 Å². The molecule has 1 fully saturated rings. The summed E-state index contributed by atoms with van der Waals surface area (Å²) in [6.45, 7) is 1.12. The Morgan fingerprint density at radius 3 is 2.51 bits per heavy atom. The van der Waals surface area contributed by atoms with Gasteiger partial charge in [-0.05, 0) is 58.2 Å². The summed E-state index contributed by atoms with van der Waals surface area (Å²) in [6, 6.07) is 24.5. The molecular formula is C31H30N2O3S. The number of rotatable bonds is 8. The number of benzene rings is 3. The number of hydrogen-bond donors (Lipinski definition) is 1. The van der Waals surface area contributed by atoms with Crippen LogP contribution in [0.25, 0.3) is 10.8 Å². The van der Waals surface area contributed by atoms with E-state index in [0.29, 0.717) is 31.2 Å². The Balaban J connectivity index is 1.48. The number of carbonyl (C=O) groups excluding carboxylic acids is 1. The van der Waals surface area contributed by atoms with Crippen LogP contribution in [0.15, 0.2) is 82.6 Å². The molecule has 4 aromatic rings. The van der Waals surface area contributed by atoms with Crippen molar-refractivity contribution in [2.24, 2.45) is 0 Å². The molecule has 1 aliphatic carbocycles. The van der Waals surface area contributed by atoms with E-state index in [4.69, 9.17) is 4.74 Å². The van der Waals surface area contributed by atoms with E-state index < -0.39 is 6.04 Å². The molecular weight excluding hydrogens is 480 g/mol. The van der Waals surface area contributed by atoms with E-state index in [9.17, 15) is 9.59 Å². The first-order valence-corrected chi connectivity index (χ1v) is 13.9. The Labute approximate surface area is 220 Å². The van der Waals surface area contributed by atoms with Crippen molar-refractivity contribution >= 4 is 28.5 Å². The molecule has 2 aliphatic rings. The molecule has 1 atom stereocenters. The first kappa shape index (κ1) is 24.0. The lowest BCUT2D eigenvalue weighted by Crippen LogP contribution is -2.35. The van der Waals surface area contributed by atoms with Crippen LogP contribution in [0, 0.1) is 0 Å². The minimum atomic E-state index is -0.575. The number of fused-ring (bicyclic) bond motifs is 2. The molecule has 0 radical (unpaired) electrons. The van der Waals surface area contributed by atoms with E-state index in [0.717, 1.165) is 29.0 Å². The van der Waals surface area contributed by atoms with Gasteiger partial charge in [0.25, 0.3) is 5.56 Å². The van der Waals surface area contributed by atoms with Crippen molar-refractivity contribution in [2.75, 3.05) is 12.9 Å². The van der Waals surface area contributed by atoms with Crippen molar-refractivity contribution in [3.63, 3.8) is 0 Å². The minimum absolute atomic E-state index is 0.0735. The molecule has 37 heavy (non-hydrogen) atoms. The van der Waals surface area contributed by atoms with Crippen LogP contribution >= 0.6 is 11.8 Å². The average Bonchev–Trinajstić information content (AvgIpc) is 3.68. The molecule has 6 heteroatoms. The van der Waals surface area contributed by atoms with Crippen LogP contribution in [-0.4, -0.2) is 23.4 Å². The SMILES string of the molecule is COC(=O)[C@@H]1CSc2c(C3CC3)c(Cc3cccc4ccccc34)c(CNCc3ccccc3)c(=O)n21. The Kier molecular flexibility index (Phi) is 6.61.